The number of ether oxygens (including phenoxy) is 1. The Bertz CT molecular complexity index is 819. The molecule has 0 unspecified atom stereocenters. The maximum absolute atomic E-state index is 9.72. The average molecular weight is 452 g/mol. The number of nitrogens with zero attached hydrogens (tertiary/aromatic N) is 3. The van der Waals surface area contributed by atoms with Crippen LogP contribution in [0.25, 0.3) is 0 Å². The number of piperidine rings is 1. The molecular formula is C28H41N3O2. The van der Waals surface area contributed by atoms with Gasteiger partial charge in [0, 0.05) is 50.9 Å². The van der Waals surface area contributed by atoms with Gasteiger partial charge in [0.2, 0.25) is 0 Å². The van der Waals surface area contributed by atoms with Crippen LogP contribution in [0.4, 0.5) is 0 Å². The number of likely N-dealkylation sites (tertiary alicyclic amines) is 1. The highest BCUT2D eigenvalue weighted by Crippen LogP contribution is 2.25. The smallest absolute Gasteiger partial charge is 0.119 e. The number of rotatable bonds is 9. The van der Waals surface area contributed by atoms with E-state index in [-0.39, 0.29) is 6.61 Å². The molecule has 2 saturated heterocycles. The Hall–Kier alpha value is -1.92. The Morgan fingerprint density at radius 2 is 1.64 bits per heavy atom. The number of hydrogen-bond donors (Lipinski definition) is 1. The molecule has 0 aliphatic carbocycles. The van der Waals surface area contributed by atoms with E-state index in [0.29, 0.717) is 24.7 Å². The van der Waals surface area contributed by atoms with Crippen molar-refractivity contribution >= 4 is 0 Å². The lowest BCUT2D eigenvalue weighted by Gasteiger charge is -2.48. The average Bonchev–Trinajstić information content (AvgIpc) is 2.85. The monoisotopic (exact) mass is 451 g/mol. The van der Waals surface area contributed by atoms with Gasteiger partial charge < -0.3 is 14.7 Å². The lowest BCUT2D eigenvalue weighted by Crippen LogP contribution is -2.58. The highest BCUT2D eigenvalue weighted by Gasteiger charge is 2.33. The second-order valence-corrected chi connectivity index (χ2v) is 9.92. The van der Waals surface area contributed by atoms with Gasteiger partial charge in [0.25, 0.3) is 0 Å². The molecule has 2 aromatic rings. The van der Waals surface area contributed by atoms with Crippen LogP contribution in [0.1, 0.15) is 44.2 Å². The molecule has 0 spiro atoms. The normalized spacial score (nSPS) is 21.5. The minimum atomic E-state index is 0.271. The van der Waals surface area contributed by atoms with Gasteiger partial charge in [-0.3, -0.25) is 9.80 Å². The SMILES string of the molecule is CC(C)N1CCC(N2CCN(Cc3ccc(OCc4ccccc4)cc3)C[C@H]2CCO)CC1. The number of piperazine rings is 1. The fourth-order valence-corrected chi connectivity index (χ4v) is 5.39. The van der Waals surface area contributed by atoms with Gasteiger partial charge in [-0.25, -0.2) is 0 Å². The topological polar surface area (TPSA) is 39.2 Å². The molecule has 2 fully saturated rings. The fraction of sp³-hybridized carbons (Fsp3) is 0.571. The van der Waals surface area contributed by atoms with E-state index in [4.69, 9.17) is 4.74 Å². The maximum Gasteiger partial charge on any atom is 0.119 e. The van der Waals surface area contributed by atoms with Crippen molar-refractivity contribution in [1.29, 1.82) is 0 Å². The predicted octanol–water partition coefficient (Wildman–Crippen LogP) is 4.01. The minimum absolute atomic E-state index is 0.271. The van der Waals surface area contributed by atoms with Gasteiger partial charge in [0.05, 0.1) is 0 Å². The van der Waals surface area contributed by atoms with Crippen LogP contribution in [0.3, 0.4) is 0 Å². The van der Waals surface area contributed by atoms with Gasteiger partial charge in [0.15, 0.2) is 0 Å². The van der Waals surface area contributed by atoms with Gasteiger partial charge >= 0.3 is 0 Å². The molecule has 180 valence electrons. The van der Waals surface area contributed by atoms with Gasteiger partial charge in [-0.1, -0.05) is 42.5 Å². The Morgan fingerprint density at radius 1 is 0.909 bits per heavy atom. The molecule has 1 atom stereocenters. The molecule has 4 rings (SSSR count). The molecule has 2 aromatic carbocycles. The van der Waals surface area contributed by atoms with Gasteiger partial charge in [-0.15, -0.1) is 0 Å². The fourth-order valence-electron chi connectivity index (χ4n) is 5.39. The van der Waals surface area contributed by atoms with E-state index >= 15 is 0 Å². The molecule has 1 N–H and O–H groups in total. The summed E-state index contributed by atoms with van der Waals surface area (Å²) >= 11 is 0. The Kier molecular flexibility index (Phi) is 8.79. The zero-order valence-electron chi connectivity index (χ0n) is 20.4. The molecule has 0 saturated carbocycles. The first-order chi connectivity index (χ1) is 16.1. The quantitative estimate of drug-likeness (QED) is 0.624. The number of aliphatic hydroxyl groups is 1. The standard InChI is InChI=1S/C28H41N3O2/c1-23(2)30-15-12-26(13-16-30)31-18-17-29(21-27(31)14-19-32)20-24-8-10-28(11-9-24)33-22-25-6-4-3-5-7-25/h3-11,23,26-27,32H,12-22H2,1-2H3/t27-/m1/s1. The van der Waals surface area contributed by atoms with Crippen molar-refractivity contribution in [3.8, 4) is 5.75 Å². The van der Waals surface area contributed by atoms with Crippen molar-refractivity contribution in [3.05, 3.63) is 65.7 Å². The van der Waals surface area contributed by atoms with Crippen LogP contribution >= 0.6 is 0 Å². The van der Waals surface area contributed by atoms with Crippen LogP contribution in [0.15, 0.2) is 54.6 Å². The van der Waals surface area contributed by atoms with Crippen molar-refractivity contribution < 1.29 is 9.84 Å². The van der Waals surface area contributed by atoms with Crippen molar-refractivity contribution in [2.45, 2.75) is 64.4 Å². The van der Waals surface area contributed by atoms with E-state index in [1.165, 1.54) is 37.1 Å². The number of hydrogen-bond acceptors (Lipinski definition) is 5. The maximum atomic E-state index is 9.72. The summed E-state index contributed by atoms with van der Waals surface area (Å²) in [5.74, 6) is 0.915. The summed E-state index contributed by atoms with van der Waals surface area (Å²) in [4.78, 5) is 7.87. The van der Waals surface area contributed by atoms with Crippen LogP contribution < -0.4 is 4.74 Å². The van der Waals surface area contributed by atoms with Crippen LogP contribution in [0.5, 0.6) is 5.75 Å². The Morgan fingerprint density at radius 3 is 2.30 bits per heavy atom. The van der Waals surface area contributed by atoms with E-state index in [1.54, 1.807) is 0 Å². The molecular weight excluding hydrogens is 410 g/mol. The second kappa shape index (κ2) is 12.0. The third-order valence-corrected chi connectivity index (χ3v) is 7.35. The molecule has 2 aliphatic rings. The molecule has 5 heteroatoms. The van der Waals surface area contributed by atoms with E-state index in [2.05, 4.69) is 64.9 Å². The third-order valence-electron chi connectivity index (χ3n) is 7.35. The van der Waals surface area contributed by atoms with Crippen LogP contribution in [0, 0.1) is 0 Å². The minimum Gasteiger partial charge on any atom is -0.489 e. The summed E-state index contributed by atoms with van der Waals surface area (Å²) in [6.45, 7) is 12.1. The first-order valence-corrected chi connectivity index (χ1v) is 12.7. The summed E-state index contributed by atoms with van der Waals surface area (Å²) in [5.41, 5.74) is 2.51. The lowest BCUT2D eigenvalue weighted by molar-refractivity contribution is -0.0000337. The molecule has 2 heterocycles. The van der Waals surface area contributed by atoms with Gasteiger partial charge in [-0.2, -0.15) is 0 Å². The molecule has 0 aromatic heterocycles. The van der Waals surface area contributed by atoms with Crippen LogP contribution in [0.2, 0.25) is 0 Å². The predicted molar refractivity (Wildman–Crippen MR) is 134 cm³/mol. The molecule has 5 nitrogen and oxygen atoms in total. The van der Waals surface area contributed by atoms with Crippen LogP contribution in [-0.2, 0) is 13.2 Å². The van der Waals surface area contributed by atoms with Crippen molar-refractivity contribution in [1.82, 2.24) is 14.7 Å². The van der Waals surface area contributed by atoms with Crippen molar-refractivity contribution in [2.24, 2.45) is 0 Å². The first-order valence-electron chi connectivity index (χ1n) is 12.7. The summed E-state index contributed by atoms with van der Waals surface area (Å²) in [6.07, 6.45) is 3.38. The van der Waals surface area contributed by atoms with E-state index < -0.39 is 0 Å². The molecule has 33 heavy (non-hydrogen) atoms. The zero-order chi connectivity index (χ0) is 23.0. The first kappa shape index (κ1) is 24.2. The highest BCUT2D eigenvalue weighted by molar-refractivity contribution is 5.28. The largest absolute Gasteiger partial charge is 0.489 e. The third kappa shape index (κ3) is 6.80. The summed E-state index contributed by atoms with van der Waals surface area (Å²) in [6, 6.07) is 20.6. The Balaban J connectivity index is 1.28. The van der Waals surface area contributed by atoms with Crippen molar-refractivity contribution in [2.75, 3.05) is 39.3 Å². The summed E-state index contributed by atoms with van der Waals surface area (Å²) in [5, 5.41) is 9.72. The summed E-state index contributed by atoms with van der Waals surface area (Å²) < 4.78 is 5.94. The second-order valence-electron chi connectivity index (χ2n) is 9.92. The number of benzene rings is 2. The zero-order valence-corrected chi connectivity index (χ0v) is 20.4. The van der Waals surface area contributed by atoms with E-state index in [9.17, 15) is 5.11 Å². The number of aliphatic hydroxyl groups excluding tert-OH is 1. The van der Waals surface area contributed by atoms with Gasteiger partial charge in [0.1, 0.15) is 12.4 Å². The highest BCUT2D eigenvalue weighted by atomic mass is 16.5. The molecule has 0 amide bonds. The molecule has 0 bridgehead atoms. The van der Waals surface area contributed by atoms with Crippen LogP contribution in [-0.4, -0.2) is 77.3 Å². The lowest BCUT2D eigenvalue weighted by atomic mass is 9.97. The van der Waals surface area contributed by atoms with E-state index in [0.717, 1.165) is 38.3 Å². The molecule has 0 radical (unpaired) electrons. The molecule has 2 aliphatic heterocycles. The Labute approximate surface area is 200 Å². The van der Waals surface area contributed by atoms with E-state index in [1.807, 2.05) is 18.2 Å². The summed E-state index contributed by atoms with van der Waals surface area (Å²) in [7, 11) is 0. The van der Waals surface area contributed by atoms with Gasteiger partial charge in [-0.05, 0) is 69.5 Å². The van der Waals surface area contributed by atoms with Crippen molar-refractivity contribution in [3.63, 3.8) is 0 Å².